The van der Waals surface area contributed by atoms with Gasteiger partial charge in [0.15, 0.2) is 0 Å². The van der Waals surface area contributed by atoms with Crippen LogP contribution in [0.5, 0.6) is 0 Å². The van der Waals surface area contributed by atoms with Gasteiger partial charge in [0.1, 0.15) is 17.0 Å². The van der Waals surface area contributed by atoms with Crippen molar-refractivity contribution < 1.29 is 19.1 Å². The summed E-state index contributed by atoms with van der Waals surface area (Å²) in [7, 11) is 0. The number of ketones is 1. The molecule has 2 saturated heterocycles. The Morgan fingerprint density at radius 2 is 1.59 bits per heavy atom. The predicted octanol–water partition coefficient (Wildman–Crippen LogP) is 3.35. The highest BCUT2D eigenvalue weighted by Gasteiger charge is 2.78. The van der Waals surface area contributed by atoms with E-state index in [9.17, 15) is 14.4 Å². The number of benzene rings is 2. The standard InChI is InChI=1S/C26H20N2O4/c1-16(29)14-25-20-15-27-13-12-19(20)26(32-25,17-8-4-2-5-9-17)22-21(25)23(30)28(24(22)31)18-10-6-3-7-11-18/h2-13,15,21-22H,14H2,1H3/t21-,22+,25-,26+/m0/s1. The molecule has 4 atom stereocenters. The first-order chi connectivity index (χ1) is 15.5. The lowest BCUT2D eigenvalue weighted by atomic mass is 9.62. The summed E-state index contributed by atoms with van der Waals surface area (Å²) < 4.78 is 6.78. The zero-order chi connectivity index (χ0) is 22.1. The van der Waals surface area contributed by atoms with Crippen LogP contribution < -0.4 is 4.90 Å². The Morgan fingerprint density at radius 3 is 2.28 bits per heavy atom. The van der Waals surface area contributed by atoms with Gasteiger partial charge >= 0.3 is 0 Å². The smallest absolute Gasteiger partial charge is 0.241 e. The molecule has 3 aliphatic rings. The van der Waals surface area contributed by atoms with Crippen LogP contribution in [0.3, 0.4) is 0 Å². The molecule has 6 nitrogen and oxygen atoms in total. The maximum atomic E-state index is 13.9. The van der Waals surface area contributed by atoms with Crippen molar-refractivity contribution in [1.29, 1.82) is 0 Å². The normalized spacial score (nSPS) is 29.8. The highest BCUT2D eigenvalue weighted by Crippen LogP contribution is 2.69. The monoisotopic (exact) mass is 424 g/mol. The Labute approximate surface area is 184 Å². The third-order valence-corrected chi connectivity index (χ3v) is 7.00. The second-order valence-corrected chi connectivity index (χ2v) is 8.70. The largest absolute Gasteiger partial charge is 0.352 e. The lowest BCUT2D eigenvalue weighted by Crippen LogP contribution is -2.42. The number of pyridine rings is 1. The number of nitrogens with zero attached hydrogens (tertiary/aromatic N) is 2. The minimum absolute atomic E-state index is 0.00307. The summed E-state index contributed by atoms with van der Waals surface area (Å²) in [5.74, 6) is -2.33. The van der Waals surface area contributed by atoms with Crippen LogP contribution in [0.25, 0.3) is 0 Å². The molecule has 2 fully saturated rings. The molecular formula is C26H20N2O4. The van der Waals surface area contributed by atoms with Crippen LogP contribution in [0, 0.1) is 11.8 Å². The minimum Gasteiger partial charge on any atom is -0.352 e. The zero-order valence-corrected chi connectivity index (χ0v) is 17.4. The number of carbonyl (C=O) groups is 3. The Bertz CT molecular complexity index is 1280. The van der Waals surface area contributed by atoms with Crippen molar-refractivity contribution >= 4 is 23.3 Å². The fraction of sp³-hybridized carbons (Fsp3) is 0.231. The van der Waals surface area contributed by atoms with Gasteiger partial charge in [0.25, 0.3) is 0 Å². The highest BCUT2D eigenvalue weighted by atomic mass is 16.5. The molecule has 158 valence electrons. The second kappa shape index (κ2) is 6.43. The van der Waals surface area contributed by atoms with Gasteiger partial charge in [-0.1, -0.05) is 48.5 Å². The molecule has 2 bridgehead atoms. The van der Waals surface area contributed by atoms with Gasteiger partial charge in [-0.05, 0) is 36.2 Å². The van der Waals surface area contributed by atoms with Gasteiger partial charge in [-0.15, -0.1) is 0 Å². The number of aromatic nitrogens is 1. The SMILES string of the molecule is CC(=O)C[C@]12O[C@](c3ccccc3)(c3ccncc31)[C@H]1C(=O)N(c3ccccc3)C(=O)[C@H]12. The van der Waals surface area contributed by atoms with E-state index in [1.165, 1.54) is 11.8 Å². The van der Waals surface area contributed by atoms with Crippen molar-refractivity contribution in [2.75, 3.05) is 4.90 Å². The Hall–Kier alpha value is -3.64. The fourth-order valence-corrected chi connectivity index (χ4v) is 5.99. The summed E-state index contributed by atoms with van der Waals surface area (Å²) in [4.78, 5) is 45.8. The number of amides is 2. The van der Waals surface area contributed by atoms with E-state index in [1.807, 2.05) is 42.5 Å². The summed E-state index contributed by atoms with van der Waals surface area (Å²) in [6.45, 7) is 1.49. The van der Waals surface area contributed by atoms with Crippen LogP contribution in [-0.2, 0) is 30.3 Å². The number of imide groups is 1. The van der Waals surface area contributed by atoms with E-state index in [-0.39, 0.29) is 24.0 Å². The maximum absolute atomic E-state index is 13.9. The predicted molar refractivity (Wildman–Crippen MR) is 115 cm³/mol. The van der Waals surface area contributed by atoms with Crippen molar-refractivity contribution in [3.05, 3.63) is 95.8 Å². The van der Waals surface area contributed by atoms with Crippen LogP contribution in [0.15, 0.2) is 79.1 Å². The summed E-state index contributed by atoms with van der Waals surface area (Å²) in [5.41, 5.74) is 0.456. The molecule has 0 spiro atoms. The highest BCUT2D eigenvalue weighted by molar-refractivity contribution is 6.23. The van der Waals surface area contributed by atoms with Crippen molar-refractivity contribution in [2.45, 2.75) is 24.5 Å². The van der Waals surface area contributed by atoms with Gasteiger partial charge in [0.05, 0.1) is 17.5 Å². The third kappa shape index (κ3) is 2.17. The molecule has 32 heavy (non-hydrogen) atoms. The molecule has 2 aromatic carbocycles. The van der Waals surface area contributed by atoms with E-state index < -0.39 is 23.0 Å². The van der Waals surface area contributed by atoms with Crippen LogP contribution in [-0.4, -0.2) is 22.6 Å². The summed E-state index contributed by atoms with van der Waals surface area (Å²) in [6, 6.07) is 20.3. The molecule has 0 aliphatic carbocycles. The number of Topliss-reactive ketones (excluding diaryl/α,β-unsaturated/α-hetero) is 1. The lowest BCUT2D eigenvalue weighted by Gasteiger charge is -2.33. The number of rotatable bonds is 4. The van der Waals surface area contributed by atoms with Gasteiger partial charge in [0.2, 0.25) is 11.8 Å². The van der Waals surface area contributed by atoms with E-state index >= 15 is 0 Å². The van der Waals surface area contributed by atoms with Gasteiger partial charge < -0.3 is 4.74 Å². The average Bonchev–Trinajstić information content (AvgIpc) is 3.38. The quantitative estimate of drug-likeness (QED) is 0.601. The first kappa shape index (κ1) is 19.1. The molecule has 2 amide bonds. The zero-order valence-electron chi connectivity index (χ0n) is 17.4. The van der Waals surface area contributed by atoms with E-state index in [2.05, 4.69) is 4.98 Å². The number of carbonyl (C=O) groups excluding carboxylic acids is 3. The summed E-state index contributed by atoms with van der Waals surface area (Å²) >= 11 is 0. The minimum atomic E-state index is -1.23. The molecular weight excluding hydrogens is 404 g/mol. The van der Waals surface area contributed by atoms with Gasteiger partial charge in [-0.3, -0.25) is 19.4 Å². The maximum Gasteiger partial charge on any atom is 0.241 e. The van der Waals surface area contributed by atoms with Gasteiger partial charge in [0, 0.05) is 24.4 Å². The Morgan fingerprint density at radius 1 is 0.938 bits per heavy atom. The Kier molecular flexibility index (Phi) is 3.84. The number of anilines is 1. The molecule has 4 heterocycles. The van der Waals surface area contributed by atoms with Crippen LogP contribution in [0.1, 0.15) is 30.0 Å². The number of hydrogen-bond acceptors (Lipinski definition) is 5. The topological polar surface area (TPSA) is 76.6 Å². The molecule has 3 aliphatic heterocycles. The molecule has 0 N–H and O–H groups in total. The number of para-hydroxylation sites is 1. The number of hydrogen-bond donors (Lipinski definition) is 0. The summed E-state index contributed by atoms with van der Waals surface area (Å²) in [5, 5.41) is 0. The van der Waals surface area contributed by atoms with Gasteiger partial charge in [-0.25, -0.2) is 4.90 Å². The lowest BCUT2D eigenvalue weighted by molar-refractivity contribution is -0.139. The Balaban J connectivity index is 1.65. The molecule has 0 saturated carbocycles. The van der Waals surface area contributed by atoms with Crippen LogP contribution in [0.4, 0.5) is 5.69 Å². The second-order valence-electron chi connectivity index (χ2n) is 8.70. The van der Waals surface area contributed by atoms with Gasteiger partial charge in [-0.2, -0.15) is 0 Å². The molecule has 3 aromatic rings. The van der Waals surface area contributed by atoms with E-state index in [4.69, 9.17) is 4.74 Å². The first-order valence-electron chi connectivity index (χ1n) is 10.6. The van der Waals surface area contributed by atoms with E-state index in [0.29, 0.717) is 5.69 Å². The molecule has 1 aromatic heterocycles. The fourth-order valence-electron chi connectivity index (χ4n) is 5.99. The molecule has 6 rings (SSSR count). The van der Waals surface area contributed by atoms with Crippen molar-refractivity contribution in [3.8, 4) is 0 Å². The summed E-state index contributed by atoms with van der Waals surface area (Å²) in [6.07, 6.45) is 3.35. The van der Waals surface area contributed by atoms with Crippen LogP contribution in [0.2, 0.25) is 0 Å². The molecule has 0 unspecified atom stereocenters. The van der Waals surface area contributed by atoms with Crippen molar-refractivity contribution in [2.24, 2.45) is 11.8 Å². The molecule has 6 heteroatoms. The van der Waals surface area contributed by atoms with E-state index in [1.54, 1.807) is 36.7 Å². The average molecular weight is 424 g/mol. The first-order valence-corrected chi connectivity index (χ1v) is 10.6. The van der Waals surface area contributed by atoms with E-state index in [0.717, 1.165) is 16.7 Å². The molecule has 0 radical (unpaired) electrons. The third-order valence-electron chi connectivity index (χ3n) is 7.00. The van der Waals surface area contributed by atoms with Crippen molar-refractivity contribution in [1.82, 2.24) is 4.98 Å². The van der Waals surface area contributed by atoms with Crippen LogP contribution >= 0.6 is 0 Å². The van der Waals surface area contributed by atoms with Crippen molar-refractivity contribution in [3.63, 3.8) is 0 Å². The number of fused-ring (bicyclic) bond motifs is 8. The number of ether oxygens (including phenoxy) is 1.